The number of rotatable bonds is 15. The van der Waals surface area contributed by atoms with Gasteiger partial charge in [-0.3, -0.25) is 9.59 Å². The summed E-state index contributed by atoms with van der Waals surface area (Å²) in [5.41, 5.74) is 0. The highest BCUT2D eigenvalue weighted by atomic mass is 16.5. The molecule has 0 aliphatic heterocycles. The van der Waals surface area contributed by atoms with Crippen LogP contribution in [0.25, 0.3) is 0 Å². The first-order chi connectivity index (χ1) is 11.8. The van der Waals surface area contributed by atoms with E-state index in [-0.39, 0.29) is 18.0 Å². The fourth-order valence-corrected chi connectivity index (χ4v) is 2.40. The Kier molecular flexibility index (Phi) is 14.6. The van der Waals surface area contributed by atoms with Crippen LogP contribution in [-0.4, -0.2) is 24.6 Å². The molecule has 0 N–H and O–H groups in total. The average Bonchev–Trinajstić information content (AvgIpc) is 2.53. The molecule has 0 aromatic carbocycles. The van der Waals surface area contributed by atoms with Crippen LogP contribution in [0.2, 0.25) is 0 Å². The maximum atomic E-state index is 11.6. The van der Waals surface area contributed by atoms with E-state index in [9.17, 15) is 9.59 Å². The number of ether oxygens (including phenoxy) is 2. The average molecular weight is 357 g/mol. The molecule has 0 rings (SSSR count). The Balaban J connectivity index is 3.38. The molecule has 0 aromatic heterocycles. The molecule has 0 radical (unpaired) electrons. The number of hydrogen-bond acceptors (Lipinski definition) is 4. The molecule has 0 heterocycles. The Morgan fingerprint density at radius 3 is 1.76 bits per heavy atom. The van der Waals surface area contributed by atoms with Crippen LogP contribution in [-0.2, 0) is 19.1 Å². The number of unbranched alkanes of at least 4 members (excludes halogenated alkanes) is 5. The minimum atomic E-state index is -0.0820. The Morgan fingerprint density at radius 2 is 1.24 bits per heavy atom. The van der Waals surface area contributed by atoms with Gasteiger partial charge < -0.3 is 9.47 Å². The Morgan fingerprint density at radius 1 is 0.720 bits per heavy atom. The summed E-state index contributed by atoms with van der Waals surface area (Å²) in [5.74, 6) is 0.886. The molecular formula is C21H40O4. The Labute approximate surface area is 155 Å². The first-order valence-electron chi connectivity index (χ1n) is 10.2. The molecule has 0 saturated heterocycles. The monoisotopic (exact) mass is 356 g/mol. The predicted molar refractivity (Wildman–Crippen MR) is 102 cm³/mol. The zero-order chi connectivity index (χ0) is 19.1. The topological polar surface area (TPSA) is 52.6 Å². The van der Waals surface area contributed by atoms with Crippen molar-refractivity contribution in [1.82, 2.24) is 0 Å². The van der Waals surface area contributed by atoms with Crippen molar-refractivity contribution in [2.45, 2.75) is 105 Å². The lowest BCUT2D eigenvalue weighted by atomic mass is 10.1. The van der Waals surface area contributed by atoms with Gasteiger partial charge >= 0.3 is 11.9 Å². The minimum Gasteiger partial charge on any atom is -0.466 e. The molecule has 1 atom stereocenters. The van der Waals surface area contributed by atoms with Crippen molar-refractivity contribution in [2.24, 2.45) is 11.8 Å². The first kappa shape index (κ1) is 23.9. The minimum absolute atomic E-state index is 0.00220. The summed E-state index contributed by atoms with van der Waals surface area (Å²) >= 11 is 0. The largest absolute Gasteiger partial charge is 0.466 e. The molecular weight excluding hydrogens is 316 g/mol. The van der Waals surface area contributed by atoms with Crippen LogP contribution >= 0.6 is 0 Å². The molecule has 0 fully saturated rings. The van der Waals surface area contributed by atoms with Crippen molar-refractivity contribution in [3.8, 4) is 0 Å². The molecule has 0 aliphatic carbocycles. The van der Waals surface area contributed by atoms with Gasteiger partial charge in [0.1, 0.15) is 6.10 Å². The lowest BCUT2D eigenvalue weighted by molar-refractivity contribution is -0.150. The third kappa shape index (κ3) is 16.2. The maximum Gasteiger partial charge on any atom is 0.306 e. The fraction of sp³-hybridized carbons (Fsp3) is 0.905. The van der Waals surface area contributed by atoms with Gasteiger partial charge in [-0.2, -0.15) is 0 Å². The van der Waals surface area contributed by atoms with E-state index in [0.717, 1.165) is 51.4 Å². The molecule has 1 unspecified atom stereocenters. The van der Waals surface area contributed by atoms with Crippen molar-refractivity contribution in [3.63, 3.8) is 0 Å². The molecule has 0 aliphatic rings. The van der Waals surface area contributed by atoms with E-state index in [1.807, 2.05) is 6.92 Å². The zero-order valence-electron chi connectivity index (χ0n) is 17.1. The standard InChI is InChI=1S/C21H40O4/c1-17(2)13-12-16-24-20(22)14-10-8-6-7-9-11-15-21(23)25-19(5)18(3)4/h17-19H,6-16H2,1-5H3. The number of hydrogen-bond donors (Lipinski definition) is 0. The van der Waals surface area contributed by atoms with Crippen LogP contribution in [0, 0.1) is 11.8 Å². The van der Waals surface area contributed by atoms with Crippen molar-refractivity contribution >= 4 is 11.9 Å². The van der Waals surface area contributed by atoms with Gasteiger partial charge in [0.05, 0.1) is 6.61 Å². The van der Waals surface area contributed by atoms with Crippen LogP contribution in [0.4, 0.5) is 0 Å². The number of carbonyl (C=O) groups excluding carboxylic acids is 2. The van der Waals surface area contributed by atoms with E-state index in [1.54, 1.807) is 0 Å². The first-order valence-corrected chi connectivity index (χ1v) is 10.2. The van der Waals surface area contributed by atoms with Crippen LogP contribution in [0.3, 0.4) is 0 Å². The number of esters is 2. The van der Waals surface area contributed by atoms with Gasteiger partial charge in [-0.15, -0.1) is 0 Å². The lowest BCUT2D eigenvalue weighted by Gasteiger charge is -2.16. The molecule has 4 nitrogen and oxygen atoms in total. The van der Waals surface area contributed by atoms with Gasteiger partial charge in [-0.1, -0.05) is 53.4 Å². The zero-order valence-corrected chi connectivity index (χ0v) is 17.1. The third-order valence-electron chi connectivity index (χ3n) is 4.46. The molecule has 0 amide bonds. The van der Waals surface area contributed by atoms with Gasteiger partial charge in [0, 0.05) is 12.8 Å². The summed E-state index contributed by atoms with van der Waals surface area (Å²) in [6, 6.07) is 0. The maximum absolute atomic E-state index is 11.6. The second kappa shape index (κ2) is 15.2. The van der Waals surface area contributed by atoms with Crippen molar-refractivity contribution in [1.29, 1.82) is 0 Å². The molecule has 148 valence electrons. The highest BCUT2D eigenvalue weighted by Crippen LogP contribution is 2.12. The van der Waals surface area contributed by atoms with Crippen molar-refractivity contribution < 1.29 is 19.1 Å². The van der Waals surface area contributed by atoms with Crippen LogP contribution in [0.1, 0.15) is 98.8 Å². The van der Waals surface area contributed by atoms with E-state index >= 15 is 0 Å². The smallest absolute Gasteiger partial charge is 0.306 e. The van der Waals surface area contributed by atoms with Gasteiger partial charge in [0.2, 0.25) is 0 Å². The van der Waals surface area contributed by atoms with E-state index < -0.39 is 0 Å². The van der Waals surface area contributed by atoms with E-state index in [0.29, 0.717) is 31.3 Å². The highest BCUT2D eigenvalue weighted by Gasteiger charge is 2.12. The molecule has 0 spiro atoms. The Hall–Kier alpha value is -1.06. The quantitative estimate of drug-likeness (QED) is 0.280. The summed E-state index contributed by atoms with van der Waals surface area (Å²) in [6.45, 7) is 11.0. The van der Waals surface area contributed by atoms with Crippen molar-refractivity contribution in [3.05, 3.63) is 0 Å². The summed E-state index contributed by atoms with van der Waals surface area (Å²) in [4.78, 5) is 23.2. The van der Waals surface area contributed by atoms with Crippen LogP contribution in [0.5, 0.6) is 0 Å². The van der Waals surface area contributed by atoms with Gasteiger partial charge in [-0.25, -0.2) is 0 Å². The van der Waals surface area contributed by atoms with E-state index in [1.165, 1.54) is 0 Å². The Bertz CT molecular complexity index is 350. The molecule has 4 heteroatoms. The van der Waals surface area contributed by atoms with Gasteiger partial charge in [-0.05, 0) is 44.4 Å². The molecule has 0 saturated carbocycles. The summed E-state index contributed by atoms with van der Waals surface area (Å²) < 4.78 is 10.6. The molecule has 0 bridgehead atoms. The van der Waals surface area contributed by atoms with E-state index in [4.69, 9.17) is 9.47 Å². The molecule has 0 aromatic rings. The van der Waals surface area contributed by atoms with Gasteiger partial charge in [0.15, 0.2) is 0 Å². The predicted octanol–water partition coefficient (Wildman–Crippen LogP) is 5.67. The van der Waals surface area contributed by atoms with E-state index in [2.05, 4.69) is 27.7 Å². The SMILES string of the molecule is CC(C)CCCOC(=O)CCCCCCCCC(=O)OC(C)C(C)C. The van der Waals surface area contributed by atoms with Crippen molar-refractivity contribution in [2.75, 3.05) is 6.61 Å². The summed E-state index contributed by atoms with van der Waals surface area (Å²) in [7, 11) is 0. The second-order valence-electron chi connectivity index (χ2n) is 7.82. The molecule has 25 heavy (non-hydrogen) atoms. The summed E-state index contributed by atoms with van der Waals surface area (Å²) in [6.07, 6.45) is 9.21. The second-order valence-corrected chi connectivity index (χ2v) is 7.82. The normalized spacial score (nSPS) is 12.4. The highest BCUT2D eigenvalue weighted by molar-refractivity contribution is 5.69. The fourth-order valence-electron chi connectivity index (χ4n) is 2.40. The van der Waals surface area contributed by atoms with Gasteiger partial charge in [0.25, 0.3) is 0 Å². The lowest BCUT2D eigenvalue weighted by Crippen LogP contribution is -2.19. The van der Waals surface area contributed by atoms with Crippen LogP contribution < -0.4 is 0 Å². The van der Waals surface area contributed by atoms with Crippen LogP contribution in [0.15, 0.2) is 0 Å². The number of carbonyl (C=O) groups is 2. The third-order valence-corrected chi connectivity index (χ3v) is 4.46. The summed E-state index contributed by atoms with van der Waals surface area (Å²) in [5, 5.41) is 0.